The molecule has 0 spiro atoms. The summed E-state index contributed by atoms with van der Waals surface area (Å²) < 4.78 is 0. The summed E-state index contributed by atoms with van der Waals surface area (Å²) in [6.07, 6.45) is 0. The molecule has 0 bridgehead atoms. The molecular weight excluding hydrogens is 372 g/mol. The number of para-hydroxylation sites is 1. The van der Waals surface area contributed by atoms with Crippen molar-refractivity contribution in [2.24, 2.45) is 0 Å². The molecule has 0 aliphatic rings. The van der Waals surface area contributed by atoms with Crippen LogP contribution in [0.5, 0.6) is 0 Å². The number of rotatable bonds is 5. The topological polar surface area (TPSA) is 66.1 Å². The molecule has 0 aromatic heterocycles. The molecule has 0 heterocycles. The first-order valence-corrected chi connectivity index (χ1v) is 9.62. The van der Waals surface area contributed by atoms with Crippen molar-refractivity contribution in [3.8, 4) is 11.1 Å². The summed E-state index contributed by atoms with van der Waals surface area (Å²) in [6, 6.07) is 34.1. The van der Waals surface area contributed by atoms with E-state index in [1.54, 1.807) is 24.3 Å². The number of nitrogens with one attached hydrogen (secondary N) is 2. The number of hydrogen-bond donors (Lipinski definition) is 2. The number of benzene rings is 4. The predicted octanol–water partition coefficient (Wildman–Crippen LogP) is 4.02. The minimum atomic E-state index is -0.198. The molecule has 0 saturated heterocycles. The van der Waals surface area contributed by atoms with Gasteiger partial charge in [-0.15, -0.1) is 0 Å². The first-order chi connectivity index (χ1) is 14.7. The van der Waals surface area contributed by atoms with Crippen LogP contribution < -0.4 is 10.5 Å². The molecule has 0 radical (unpaired) electrons. The highest BCUT2D eigenvalue weighted by Crippen LogP contribution is 2.20. The Morgan fingerprint density at radius 1 is 0.600 bits per heavy atom. The molecule has 146 valence electrons. The Morgan fingerprint density at radius 3 is 1.63 bits per heavy atom. The van der Waals surface area contributed by atoms with E-state index in [2.05, 4.69) is 5.32 Å². The lowest BCUT2D eigenvalue weighted by Crippen LogP contribution is -2.66. The molecule has 0 fully saturated rings. The SMILES string of the molecule is O=C(Nc1ccccc1)c1ccc(C(=[NH+][O-])c2ccc(-c3ccccc3)cc2)cc1. The predicted molar refractivity (Wildman–Crippen MR) is 120 cm³/mol. The van der Waals surface area contributed by atoms with Gasteiger partial charge in [0.15, 0.2) is 0 Å². The van der Waals surface area contributed by atoms with Gasteiger partial charge < -0.3 is 10.5 Å². The smallest absolute Gasteiger partial charge is 0.255 e. The Labute approximate surface area is 175 Å². The lowest BCUT2D eigenvalue weighted by molar-refractivity contribution is -0.371. The van der Waals surface area contributed by atoms with Gasteiger partial charge in [-0.1, -0.05) is 60.7 Å². The van der Waals surface area contributed by atoms with Gasteiger partial charge in [0.1, 0.15) is 0 Å². The number of carbonyl (C=O) groups is 1. The van der Waals surface area contributed by atoms with Crippen LogP contribution in [0.1, 0.15) is 21.5 Å². The first-order valence-electron chi connectivity index (χ1n) is 9.62. The Kier molecular flexibility index (Phi) is 5.67. The fourth-order valence-corrected chi connectivity index (χ4v) is 3.26. The number of anilines is 1. The van der Waals surface area contributed by atoms with Gasteiger partial charge in [-0.05, 0) is 59.7 Å². The van der Waals surface area contributed by atoms with E-state index >= 15 is 0 Å². The average molecular weight is 392 g/mol. The van der Waals surface area contributed by atoms with Crippen LogP contribution in [0.25, 0.3) is 11.1 Å². The Bertz CT molecular complexity index is 1150. The molecule has 0 saturated carbocycles. The van der Waals surface area contributed by atoms with E-state index in [1.807, 2.05) is 90.1 Å². The van der Waals surface area contributed by atoms with Crippen molar-refractivity contribution in [3.05, 3.63) is 131 Å². The van der Waals surface area contributed by atoms with Crippen LogP contribution in [0, 0.1) is 5.21 Å². The van der Waals surface area contributed by atoms with Gasteiger partial charge in [0.25, 0.3) is 5.91 Å². The lowest BCUT2D eigenvalue weighted by atomic mass is 9.98. The summed E-state index contributed by atoms with van der Waals surface area (Å²) in [4.78, 5) is 12.4. The number of carbonyl (C=O) groups excluding carboxylic acids is 1. The zero-order chi connectivity index (χ0) is 20.8. The molecule has 0 aliphatic heterocycles. The molecule has 4 aromatic carbocycles. The maximum absolute atomic E-state index is 12.4. The van der Waals surface area contributed by atoms with Gasteiger partial charge in [0, 0.05) is 22.4 Å². The van der Waals surface area contributed by atoms with Gasteiger partial charge in [0.05, 0.1) is 0 Å². The Hall–Kier alpha value is -4.18. The normalized spacial score (nSPS) is 11.1. The van der Waals surface area contributed by atoms with Crippen LogP contribution in [-0.4, -0.2) is 11.6 Å². The quantitative estimate of drug-likeness (QED) is 0.306. The van der Waals surface area contributed by atoms with E-state index in [0.717, 1.165) is 22.4 Å². The van der Waals surface area contributed by atoms with Crippen molar-refractivity contribution >= 4 is 17.3 Å². The monoisotopic (exact) mass is 392 g/mol. The average Bonchev–Trinajstić information content (AvgIpc) is 2.82. The molecule has 0 atom stereocenters. The minimum absolute atomic E-state index is 0.198. The van der Waals surface area contributed by atoms with Gasteiger partial charge in [0.2, 0.25) is 5.71 Å². The summed E-state index contributed by atoms with van der Waals surface area (Å²) >= 11 is 0. The highest BCUT2D eigenvalue weighted by atomic mass is 16.4. The van der Waals surface area contributed by atoms with Gasteiger partial charge in [-0.3, -0.25) is 4.79 Å². The van der Waals surface area contributed by atoms with Crippen LogP contribution >= 0.6 is 0 Å². The third-order valence-corrected chi connectivity index (χ3v) is 4.85. The molecule has 0 aliphatic carbocycles. The summed E-state index contributed by atoms with van der Waals surface area (Å²) in [7, 11) is 0. The third-order valence-electron chi connectivity index (χ3n) is 4.85. The van der Waals surface area contributed by atoms with E-state index in [9.17, 15) is 10.0 Å². The van der Waals surface area contributed by atoms with Crippen molar-refractivity contribution in [2.45, 2.75) is 0 Å². The number of hydrogen-bond acceptors (Lipinski definition) is 2. The van der Waals surface area contributed by atoms with Crippen molar-refractivity contribution < 1.29 is 9.95 Å². The Balaban J connectivity index is 1.52. The van der Waals surface area contributed by atoms with Crippen molar-refractivity contribution in [1.29, 1.82) is 0 Å². The summed E-state index contributed by atoms with van der Waals surface area (Å²) in [5, 5.41) is 16.6. The molecule has 4 aromatic rings. The summed E-state index contributed by atoms with van der Waals surface area (Å²) in [5.41, 5.74) is 5.42. The Morgan fingerprint density at radius 2 is 1.07 bits per heavy atom. The molecule has 4 heteroatoms. The van der Waals surface area contributed by atoms with Crippen LogP contribution in [0.2, 0.25) is 0 Å². The minimum Gasteiger partial charge on any atom is -0.625 e. The summed E-state index contributed by atoms with van der Waals surface area (Å²) in [5.74, 6) is -0.198. The molecule has 0 unspecified atom stereocenters. The van der Waals surface area contributed by atoms with E-state index < -0.39 is 0 Å². The fraction of sp³-hybridized carbons (Fsp3) is 0. The van der Waals surface area contributed by atoms with Crippen molar-refractivity contribution in [3.63, 3.8) is 0 Å². The molecular formula is C26H20N2O2. The standard InChI is InChI=1S/C26H20N2O2/c29-26(27-24-9-5-2-6-10-24)23-17-15-22(16-18-23)25(28-30)21-13-11-20(12-14-21)19-7-3-1-4-8-19/h1-18,28H,(H-,27,29,30). The lowest BCUT2D eigenvalue weighted by Gasteiger charge is -2.07. The highest BCUT2D eigenvalue weighted by molar-refractivity contribution is 6.10. The highest BCUT2D eigenvalue weighted by Gasteiger charge is 2.14. The van der Waals surface area contributed by atoms with Gasteiger partial charge in [-0.25, -0.2) is 5.16 Å². The van der Waals surface area contributed by atoms with Gasteiger partial charge >= 0.3 is 0 Å². The van der Waals surface area contributed by atoms with E-state index in [0.29, 0.717) is 16.8 Å². The first kappa shape index (κ1) is 19.2. The second kappa shape index (κ2) is 8.88. The number of amides is 1. The molecule has 30 heavy (non-hydrogen) atoms. The maximum atomic E-state index is 12.4. The van der Waals surface area contributed by atoms with E-state index in [1.165, 1.54) is 0 Å². The third kappa shape index (κ3) is 4.28. The zero-order valence-corrected chi connectivity index (χ0v) is 16.2. The van der Waals surface area contributed by atoms with Crippen molar-refractivity contribution in [2.75, 3.05) is 5.32 Å². The molecule has 4 nitrogen and oxygen atoms in total. The van der Waals surface area contributed by atoms with E-state index in [4.69, 9.17) is 0 Å². The largest absolute Gasteiger partial charge is 0.625 e. The second-order valence-corrected chi connectivity index (χ2v) is 6.82. The van der Waals surface area contributed by atoms with Gasteiger partial charge in [-0.2, -0.15) is 0 Å². The van der Waals surface area contributed by atoms with E-state index in [-0.39, 0.29) is 5.91 Å². The summed E-state index contributed by atoms with van der Waals surface area (Å²) in [6.45, 7) is 0. The molecule has 2 N–H and O–H groups in total. The molecule has 4 rings (SSSR count). The fourth-order valence-electron chi connectivity index (χ4n) is 3.26. The van der Waals surface area contributed by atoms with Crippen LogP contribution in [0.4, 0.5) is 5.69 Å². The zero-order valence-electron chi connectivity index (χ0n) is 16.2. The van der Waals surface area contributed by atoms with Crippen LogP contribution in [0.3, 0.4) is 0 Å². The second-order valence-electron chi connectivity index (χ2n) is 6.82. The molecule has 1 amide bonds. The van der Waals surface area contributed by atoms with Crippen molar-refractivity contribution in [1.82, 2.24) is 0 Å². The maximum Gasteiger partial charge on any atom is 0.255 e. The van der Waals surface area contributed by atoms with Crippen LogP contribution in [0.15, 0.2) is 109 Å². The van der Waals surface area contributed by atoms with Crippen LogP contribution in [-0.2, 0) is 0 Å².